The van der Waals surface area contributed by atoms with Crippen LogP contribution in [0, 0.1) is 29.1 Å². The summed E-state index contributed by atoms with van der Waals surface area (Å²) in [5.41, 5.74) is -0.621. The smallest absolute Gasteiger partial charge is 0.312 e. The van der Waals surface area contributed by atoms with E-state index in [4.69, 9.17) is 14.6 Å². The standard InChI is InChI=1S/C21H36O7/c1-6-21(13(2)3,14(4)5)20(26)28-12-17(22)11-27-19(25)16-9-7-8-15(10-16)18(23)24/h13-17,22H,6-12H2,1-5H3,(H,23,24). The van der Waals surface area contributed by atoms with Crippen LogP contribution >= 0.6 is 0 Å². The maximum absolute atomic E-state index is 12.7. The zero-order valence-electron chi connectivity index (χ0n) is 17.8. The molecule has 1 rings (SSSR count). The summed E-state index contributed by atoms with van der Waals surface area (Å²) >= 11 is 0. The van der Waals surface area contributed by atoms with E-state index in [0.29, 0.717) is 25.7 Å². The minimum absolute atomic E-state index is 0.0912. The van der Waals surface area contributed by atoms with Crippen LogP contribution in [0.25, 0.3) is 0 Å². The summed E-state index contributed by atoms with van der Waals surface area (Å²) in [6.07, 6.45) is 1.62. The van der Waals surface area contributed by atoms with Gasteiger partial charge in [-0.3, -0.25) is 14.4 Å². The molecule has 0 radical (unpaired) electrons. The van der Waals surface area contributed by atoms with Gasteiger partial charge in [-0.05, 0) is 37.5 Å². The van der Waals surface area contributed by atoms with E-state index >= 15 is 0 Å². The van der Waals surface area contributed by atoms with Gasteiger partial charge in [0.05, 0.1) is 17.3 Å². The highest BCUT2D eigenvalue weighted by Gasteiger charge is 2.44. The number of hydrogen-bond donors (Lipinski definition) is 2. The van der Waals surface area contributed by atoms with Gasteiger partial charge in [-0.2, -0.15) is 0 Å². The number of carbonyl (C=O) groups excluding carboxylic acids is 2. The molecule has 7 nitrogen and oxygen atoms in total. The van der Waals surface area contributed by atoms with Crippen LogP contribution in [-0.2, 0) is 23.9 Å². The molecule has 0 aromatic heterocycles. The molecule has 0 aromatic carbocycles. The Balaban J connectivity index is 2.50. The van der Waals surface area contributed by atoms with Crippen molar-refractivity contribution in [1.29, 1.82) is 0 Å². The van der Waals surface area contributed by atoms with Gasteiger partial charge in [0.25, 0.3) is 0 Å². The lowest BCUT2D eigenvalue weighted by Gasteiger charge is -2.38. The molecular formula is C21H36O7. The second-order valence-electron chi connectivity index (χ2n) is 8.48. The molecule has 3 atom stereocenters. The van der Waals surface area contributed by atoms with Crippen LogP contribution in [-0.4, -0.2) is 47.4 Å². The number of esters is 2. The Morgan fingerprint density at radius 3 is 2.04 bits per heavy atom. The Bertz CT molecular complexity index is 533. The topological polar surface area (TPSA) is 110 Å². The van der Waals surface area contributed by atoms with Crippen molar-refractivity contribution in [2.24, 2.45) is 29.1 Å². The lowest BCUT2D eigenvalue weighted by atomic mass is 9.67. The predicted molar refractivity (Wildman–Crippen MR) is 103 cm³/mol. The molecule has 162 valence electrons. The van der Waals surface area contributed by atoms with Crippen molar-refractivity contribution < 1.29 is 34.1 Å². The van der Waals surface area contributed by atoms with E-state index in [1.165, 1.54) is 0 Å². The predicted octanol–water partition coefficient (Wildman–Crippen LogP) is 3.03. The molecule has 3 unspecified atom stereocenters. The van der Waals surface area contributed by atoms with Crippen LogP contribution in [0.15, 0.2) is 0 Å². The summed E-state index contributed by atoms with van der Waals surface area (Å²) in [5, 5.41) is 19.2. The van der Waals surface area contributed by atoms with Crippen molar-refractivity contribution in [2.75, 3.05) is 13.2 Å². The highest BCUT2D eigenvalue weighted by Crippen LogP contribution is 2.40. The Morgan fingerprint density at radius 1 is 1.00 bits per heavy atom. The van der Waals surface area contributed by atoms with Crippen LogP contribution < -0.4 is 0 Å². The van der Waals surface area contributed by atoms with E-state index in [9.17, 15) is 19.5 Å². The SMILES string of the molecule is CCC(C(=O)OCC(O)COC(=O)C1CCCC(C(=O)O)C1)(C(C)C)C(C)C. The van der Waals surface area contributed by atoms with E-state index in [0.717, 1.165) is 0 Å². The summed E-state index contributed by atoms with van der Waals surface area (Å²) in [6.45, 7) is 9.37. The minimum Gasteiger partial charge on any atom is -0.481 e. The summed E-state index contributed by atoms with van der Waals surface area (Å²) in [6, 6.07) is 0. The molecule has 1 fully saturated rings. The van der Waals surface area contributed by atoms with Crippen LogP contribution in [0.5, 0.6) is 0 Å². The Hall–Kier alpha value is -1.63. The first-order chi connectivity index (χ1) is 13.1. The van der Waals surface area contributed by atoms with Crippen molar-refractivity contribution in [2.45, 2.75) is 72.8 Å². The second kappa shape index (κ2) is 10.8. The zero-order valence-corrected chi connectivity index (χ0v) is 17.8. The van der Waals surface area contributed by atoms with Gasteiger partial charge < -0.3 is 19.7 Å². The number of aliphatic carboxylic acids is 1. The largest absolute Gasteiger partial charge is 0.481 e. The maximum Gasteiger partial charge on any atom is 0.312 e. The fourth-order valence-corrected chi connectivity index (χ4v) is 4.38. The van der Waals surface area contributed by atoms with E-state index in [1.54, 1.807) is 0 Å². The first-order valence-electron chi connectivity index (χ1n) is 10.3. The fraction of sp³-hybridized carbons (Fsp3) is 0.857. The summed E-state index contributed by atoms with van der Waals surface area (Å²) in [4.78, 5) is 35.9. The number of ether oxygens (including phenoxy) is 2. The molecule has 0 bridgehead atoms. The molecule has 1 aliphatic carbocycles. The number of hydrogen-bond acceptors (Lipinski definition) is 6. The van der Waals surface area contributed by atoms with Crippen LogP contribution in [0.1, 0.15) is 66.7 Å². The average Bonchev–Trinajstić information content (AvgIpc) is 2.64. The Labute approximate surface area is 167 Å². The molecule has 1 aliphatic rings. The van der Waals surface area contributed by atoms with Gasteiger partial charge in [0.15, 0.2) is 0 Å². The molecule has 7 heteroatoms. The molecule has 0 aromatic rings. The molecule has 0 aliphatic heterocycles. The quantitative estimate of drug-likeness (QED) is 0.542. The lowest BCUT2D eigenvalue weighted by molar-refractivity contribution is -0.168. The van der Waals surface area contributed by atoms with E-state index in [1.807, 2.05) is 34.6 Å². The molecule has 0 amide bonds. The monoisotopic (exact) mass is 400 g/mol. The van der Waals surface area contributed by atoms with Crippen molar-refractivity contribution in [3.63, 3.8) is 0 Å². The molecule has 28 heavy (non-hydrogen) atoms. The van der Waals surface area contributed by atoms with Crippen LogP contribution in [0.4, 0.5) is 0 Å². The van der Waals surface area contributed by atoms with Gasteiger partial charge in [0.2, 0.25) is 0 Å². The van der Waals surface area contributed by atoms with Gasteiger partial charge in [-0.15, -0.1) is 0 Å². The average molecular weight is 401 g/mol. The first-order valence-corrected chi connectivity index (χ1v) is 10.3. The van der Waals surface area contributed by atoms with Gasteiger partial charge >= 0.3 is 17.9 Å². The highest BCUT2D eigenvalue weighted by molar-refractivity contribution is 5.77. The van der Waals surface area contributed by atoms with E-state index < -0.39 is 35.3 Å². The third-order valence-electron chi connectivity index (χ3n) is 6.21. The number of aliphatic hydroxyl groups is 1. The summed E-state index contributed by atoms with van der Waals surface area (Å²) in [7, 11) is 0. The third-order valence-corrected chi connectivity index (χ3v) is 6.21. The Morgan fingerprint density at radius 2 is 1.54 bits per heavy atom. The molecule has 2 N–H and O–H groups in total. The minimum atomic E-state index is -1.11. The van der Waals surface area contributed by atoms with E-state index in [-0.39, 0.29) is 37.4 Å². The van der Waals surface area contributed by atoms with Gasteiger partial charge in [-0.1, -0.05) is 41.0 Å². The van der Waals surface area contributed by atoms with Crippen molar-refractivity contribution in [3.8, 4) is 0 Å². The van der Waals surface area contributed by atoms with Crippen LogP contribution in [0.2, 0.25) is 0 Å². The third kappa shape index (κ3) is 5.93. The van der Waals surface area contributed by atoms with Crippen molar-refractivity contribution in [3.05, 3.63) is 0 Å². The number of carboxylic acid groups (broad SMARTS) is 1. The fourth-order valence-electron chi connectivity index (χ4n) is 4.38. The number of carboxylic acids is 1. The lowest BCUT2D eigenvalue weighted by Crippen LogP contribution is -2.43. The molecule has 0 heterocycles. The normalized spacial score (nSPS) is 21.4. The van der Waals surface area contributed by atoms with Crippen molar-refractivity contribution >= 4 is 17.9 Å². The van der Waals surface area contributed by atoms with Gasteiger partial charge in [-0.25, -0.2) is 0 Å². The second-order valence-corrected chi connectivity index (χ2v) is 8.48. The van der Waals surface area contributed by atoms with Crippen molar-refractivity contribution in [1.82, 2.24) is 0 Å². The zero-order chi connectivity index (χ0) is 21.5. The number of aliphatic hydroxyl groups excluding tert-OH is 1. The van der Waals surface area contributed by atoms with Gasteiger partial charge in [0, 0.05) is 0 Å². The summed E-state index contributed by atoms with van der Waals surface area (Å²) in [5.74, 6) is -2.53. The van der Waals surface area contributed by atoms with Crippen LogP contribution in [0.3, 0.4) is 0 Å². The first kappa shape index (κ1) is 24.4. The Kier molecular flexibility index (Phi) is 9.40. The molecule has 1 saturated carbocycles. The van der Waals surface area contributed by atoms with E-state index in [2.05, 4.69) is 0 Å². The number of rotatable bonds is 10. The molecular weight excluding hydrogens is 364 g/mol. The molecule has 0 saturated heterocycles. The molecule has 0 spiro atoms. The summed E-state index contributed by atoms with van der Waals surface area (Å²) < 4.78 is 10.5. The highest BCUT2D eigenvalue weighted by atomic mass is 16.6. The van der Waals surface area contributed by atoms with Gasteiger partial charge in [0.1, 0.15) is 19.3 Å². The number of carbonyl (C=O) groups is 3. The maximum atomic E-state index is 12.7.